The second-order valence-electron chi connectivity index (χ2n) is 4.07. The van der Waals surface area contributed by atoms with Gasteiger partial charge < -0.3 is 10.2 Å². The summed E-state index contributed by atoms with van der Waals surface area (Å²) in [5, 5.41) is 17.7. The molecule has 0 heterocycles. The molecule has 0 aromatic rings. The van der Waals surface area contributed by atoms with Crippen LogP contribution in [0.4, 0.5) is 0 Å². The zero-order valence-electron chi connectivity index (χ0n) is 7.09. The molecular formula is C8H14O3. The highest BCUT2D eigenvalue weighted by molar-refractivity contribution is 5.76. The Kier molecular flexibility index (Phi) is 1.53. The average Bonchev–Trinajstić information content (AvgIpc) is 2.29. The van der Waals surface area contributed by atoms with Crippen LogP contribution < -0.4 is 0 Å². The fourth-order valence-electron chi connectivity index (χ4n) is 1.95. The van der Waals surface area contributed by atoms with Crippen LogP contribution in [0.25, 0.3) is 0 Å². The molecule has 1 aliphatic carbocycles. The molecule has 0 saturated heterocycles. The Hall–Kier alpha value is -0.570. The second kappa shape index (κ2) is 1.97. The molecule has 2 N–H and O–H groups in total. The number of aliphatic carboxylic acids is 1. The van der Waals surface area contributed by atoms with Crippen LogP contribution in [0.5, 0.6) is 0 Å². The number of hydrogen-bond donors (Lipinski definition) is 2. The topological polar surface area (TPSA) is 57.5 Å². The third kappa shape index (κ3) is 0.805. The van der Waals surface area contributed by atoms with Crippen LogP contribution in [0.2, 0.25) is 0 Å². The van der Waals surface area contributed by atoms with E-state index in [0.29, 0.717) is 0 Å². The summed E-state index contributed by atoms with van der Waals surface area (Å²) in [4.78, 5) is 10.6. The number of carboxylic acids is 1. The summed E-state index contributed by atoms with van der Waals surface area (Å²) < 4.78 is 0. The molecule has 0 unspecified atom stereocenters. The number of hydrogen-bond acceptors (Lipinski definition) is 2. The van der Waals surface area contributed by atoms with Crippen molar-refractivity contribution in [2.45, 2.75) is 20.8 Å². The van der Waals surface area contributed by atoms with E-state index < -0.39 is 11.4 Å². The highest BCUT2D eigenvalue weighted by Crippen LogP contribution is 2.68. The van der Waals surface area contributed by atoms with Crippen molar-refractivity contribution >= 4 is 5.97 Å². The van der Waals surface area contributed by atoms with Crippen LogP contribution in [0.1, 0.15) is 20.8 Å². The van der Waals surface area contributed by atoms with Gasteiger partial charge in [-0.1, -0.05) is 20.8 Å². The van der Waals surface area contributed by atoms with Gasteiger partial charge in [0.1, 0.15) is 0 Å². The molecular weight excluding hydrogens is 144 g/mol. The van der Waals surface area contributed by atoms with E-state index in [1.807, 2.05) is 20.8 Å². The summed E-state index contributed by atoms with van der Waals surface area (Å²) in [6, 6.07) is 0. The first-order chi connectivity index (χ1) is 4.88. The maximum absolute atomic E-state index is 10.6. The molecule has 1 fully saturated rings. The lowest BCUT2D eigenvalue weighted by molar-refractivity contribution is -0.140. The van der Waals surface area contributed by atoms with E-state index in [1.165, 1.54) is 0 Å². The van der Waals surface area contributed by atoms with Crippen LogP contribution in [0, 0.1) is 16.7 Å². The molecule has 1 aliphatic rings. The molecule has 0 spiro atoms. The van der Waals surface area contributed by atoms with E-state index in [-0.39, 0.29) is 17.9 Å². The van der Waals surface area contributed by atoms with Gasteiger partial charge in [-0.05, 0) is 5.41 Å². The van der Waals surface area contributed by atoms with Gasteiger partial charge in [0, 0.05) is 12.0 Å². The van der Waals surface area contributed by atoms with Gasteiger partial charge >= 0.3 is 5.97 Å². The second-order valence-corrected chi connectivity index (χ2v) is 4.07. The molecule has 1 saturated carbocycles. The molecule has 0 aromatic heterocycles. The van der Waals surface area contributed by atoms with Gasteiger partial charge in [-0.3, -0.25) is 4.79 Å². The van der Waals surface area contributed by atoms with Crippen molar-refractivity contribution in [2.24, 2.45) is 16.7 Å². The summed E-state index contributed by atoms with van der Waals surface area (Å²) in [5.74, 6) is -1.19. The minimum Gasteiger partial charge on any atom is -0.481 e. The molecule has 2 atom stereocenters. The lowest BCUT2D eigenvalue weighted by Gasteiger charge is -2.08. The Balaban J connectivity index is 2.83. The van der Waals surface area contributed by atoms with Crippen molar-refractivity contribution in [3.8, 4) is 0 Å². The molecule has 3 nitrogen and oxygen atoms in total. The Morgan fingerprint density at radius 2 is 1.91 bits per heavy atom. The van der Waals surface area contributed by atoms with Gasteiger partial charge in [0.15, 0.2) is 0 Å². The van der Waals surface area contributed by atoms with E-state index >= 15 is 0 Å². The van der Waals surface area contributed by atoms with Crippen LogP contribution in [-0.2, 0) is 4.79 Å². The van der Waals surface area contributed by atoms with Crippen LogP contribution >= 0.6 is 0 Å². The number of rotatable bonds is 2. The standard InChI is InChI=1S/C8H14O3/c1-7(2)5(6(10)11)8(7,3)4-9/h5,9H,4H2,1-3H3,(H,10,11)/t5-,8-/m1/s1. The molecule has 0 aromatic carbocycles. The Bertz CT molecular complexity index is 198. The fraction of sp³-hybridized carbons (Fsp3) is 0.875. The van der Waals surface area contributed by atoms with E-state index in [4.69, 9.17) is 10.2 Å². The van der Waals surface area contributed by atoms with Crippen LogP contribution in [-0.4, -0.2) is 22.8 Å². The summed E-state index contributed by atoms with van der Waals surface area (Å²) in [6.45, 7) is 5.52. The fourth-order valence-corrected chi connectivity index (χ4v) is 1.95. The van der Waals surface area contributed by atoms with Gasteiger partial charge in [0.05, 0.1) is 5.92 Å². The van der Waals surface area contributed by atoms with Gasteiger partial charge in [0.25, 0.3) is 0 Å². The molecule has 0 aliphatic heterocycles. The van der Waals surface area contributed by atoms with Crippen molar-refractivity contribution in [3.05, 3.63) is 0 Å². The minimum atomic E-state index is -0.799. The molecule has 0 bridgehead atoms. The quantitative estimate of drug-likeness (QED) is 0.622. The van der Waals surface area contributed by atoms with Gasteiger partial charge in [-0.2, -0.15) is 0 Å². The minimum absolute atomic E-state index is 0.0447. The van der Waals surface area contributed by atoms with Crippen molar-refractivity contribution in [2.75, 3.05) is 6.61 Å². The van der Waals surface area contributed by atoms with E-state index in [0.717, 1.165) is 0 Å². The number of aliphatic hydroxyl groups excluding tert-OH is 1. The first-order valence-corrected chi connectivity index (χ1v) is 3.71. The third-order valence-electron chi connectivity index (χ3n) is 3.32. The molecule has 64 valence electrons. The summed E-state index contributed by atoms with van der Waals surface area (Å²) >= 11 is 0. The number of carboxylic acid groups (broad SMARTS) is 1. The predicted molar refractivity (Wildman–Crippen MR) is 40.1 cm³/mol. The Labute approximate surface area is 66.0 Å². The zero-order chi connectivity index (χ0) is 8.86. The lowest BCUT2D eigenvalue weighted by Crippen LogP contribution is -2.11. The molecule has 0 radical (unpaired) electrons. The first kappa shape index (κ1) is 8.53. The summed E-state index contributed by atoms with van der Waals surface area (Å²) in [6.07, 6.45) is 0. The Morgan fingerprint density at radius 1 is 1.45 bits per heavy atom. The monoisotopic (exact) mass is 158 g/mol. The third-order valence-corrected chi connectivity index (χ3v) is 3.32. The lowest BCUT2D eigenvalue weighted by atomic mass is 10.00. The maximum Gasteiger partial charge on any atom is 0.307 e. The van der Waals surface area contributed by atoms with Gasteiger partial charge in [-0.25, -0.2) is 0 Å². The smallest absolute Gasteiger partial charge is 0.307 e. The van der Waals surface area contributed by atoms with Crippen molar-refractivity contribution < 1.29 is 15.0 Å². The molecule has 0 amide bonds. The number of carbonyl (C=O) groups is 1. The van der Waals surface area contributed by atoms with Crippen molar-refractivity contribution in [3.63, 3.8) is 0 Å². The van der Waals surface area contributed by atoms with E-state index in [9.17, 15) is 4.79 Å². The molecule has 11 heavy (non-hydrogen) atoms. The van der Waals surface area contributed by atoms with Crippen molar-refractivity contribution in [1.82, 2.24) is 0 Å². The van der Waals surface area contributed by atoms with Gasteiger partial charge in [0.2, 0.25) is 0 Å². The Morgan fingerprint density at radius 3 is 2.00 bits per heavy atom. The van der Waals surface area contributed by atoms with Gasteiger partial charge in [-0.15, -0.1) is 0 Å². The average molecular weight is 158 g/mol. The summed E-state index contributed by atoms with van der Waals surface area (Å²) in [7, 11) is 0. The van der Waals surface area contributed by atoms with E-state index in [1.54, 1.807) is 0 Å². The highest BCUT2D eigenvalue weighted by Gasteiger charge is 2.71. The predicted octanol–water partition coefficient (Wildman–Crippen LogP) is 0.726. The number of aliphatic hydroxyl groups is 1. The van der Waals surface area contributed by atoms with E-state index in [2.05, 4.69) is 0 Å². The van der Waals surface area contributed by atoms with Crippen LogP contribution in [0.3, 0.4) is 0 Å². The molecule has 1 rings (SSSR count). The first-order valence-electron chi connectivity index (χ1n) is 3.71. The normalized spacial score (nSPS) is 40.2. The molecule has 3 heteroatoms. The maximum atomic E-state index is 10.6. The zero-order valence-corrected chi connectivity index (χ0v) is 7.09. The SMILES string of the molecule is CC1(C)[C@@H](C(=O)O)[C@@]1(C)CO. The summed E-state index contributed by atoms with van der Waals surface area (Å²) in [5.41, 5.74) is -0.674. The highest BCUT2D eigenvalue weighted by atomic mass is 16.4. The van der Waals surface area contributed by atoms with Crippen molar-refractivity contribution in [1.29, 1.82) is 0 Å². The largest absolute Gasteiger partial charge is 0.481 e. The van der Waals surface area contributed by atoms with Crippen LogP contribution in [0.15, 0.2) is 0 Å².